The van der Waals surface area contributed by atoms with Crippen LogP contribution in [-0.4, -0.2) is 32.7 Å². The van der Waals surface area contributed by atoms with E-state index in [4.69, 9.17) is 0 Å². The normalized spacial score (nSPS) is 20.7. The molecule has 0 atom stereocenters. The standard InChI is InChI=1S/C15H20N2O4S/c1-22(20,21)13-6-4-5-12(14(13)17(18)19)16-10-9-15(11-16)7-2-3-8-15/h4-6H,2-3,7-11H2,1H3. The summed E-state index contributed by atoms with van der Waals surface area (Å²) in [7, 11) is -3.63. The van der Waals surface area contributed by atoms with Gasteiger partial charge in [0.15, 0.2) is 9.84 Å². The van der Waals surface area contributed by atoms with Crippen LogP contribution >= 0.6 is 0 Å². The summed E-state index contributed by atoms with van der Waals surface area (Å²) in [6.45, 7) is 1.55. The molecular formula is C15H20N2O4S. The van der Waals surface area contributed by atoms with Gasteiger partial charge in [0.1, 0.15) is 10.6 Å². The molecule has 1 aromatic rings. The van der Waals surface area contributed by atoms with Crippen LogP contribution in [0.1, 0.15) is 32.1 Å². The Hall–Kier alpha value is -1.63. The van der Waals surface area contributed by atoms with Gasteiger partial charge in [-0.15, -0.1) is 0 Å². The molecule has 0 N–H and O–H groups in total. The van der Waals surface area contributed by atoms with Crippen molar-refractivity contribution < 1.29 is 13.3 Å². The van der Waals surface area contributed by atoms with Gasteiger partial charge in [-0.2, -0.15) is 0 Å². The van der Waals surface area contributed by atoms with E-state index >= 15 is 0 Å². The first-order valence-electron chi connectivity index (χ1n) is 7.55. The SMILES string of the molecule is CS(=O)(=O)c1cccc(N2CCC3(CCCC3)C2)c1[N+](=O)[O-]. The lowest BCUT2D eigenvalue weighted by Gasteiger charge is -2.24. The van der Waals surface area contributed by atoms with Crippen LogP contribution in [0, 0.1) is 15.5 Å². The van der Waals surface area contributed by atoms with E-state index in [-0.39, 0.29) is 16.0 Å². The summed E-state index contributed by atoms with van der Waals surface area (Å²) in [5, 5.41) is 11.5. The predicted molar refractivity (Wildman–Crippen MR) is 83.9 cm³/mol. The van der Waals surface area contributed by atoms with Gasteiger partial charge in [0, 0.05) is 19.3 Å². The molecule has 22 heavy (non-hydrogen) atoms. The second-order valence-electron chi connectivity index (χ2n) is 6.53. The molecule has 0 amide bonds. The summed E-state index contributed by atoms with van der Waals surface area (Å²) >= 11 is 0. The van der Waals surface area contributed by atoms with Crippen molar-refractivity contribution in [3.05, 3.63) is 28.3 Å². The first-order valence-corrected chi connectivity index (χ1v) is 9.44. The van der Waals surface area contributed by atoms with Gasteiger partial charge in [-0.25, -0.2) is 8.42 Å². The van der Waals surface area contributed by atoms with Gasteiger partial charge in [0.05, 0.1) is 4.92 Å². The number of para-hydroxylation sites is 1. The first kappa shape index (κ1) is 15.3. The number of hydrogen-bond donors (Lipinski definition) is 0. The molecule has 2 aliphatic rings. The van der Waals surface area contributed by atoms with Crippen LogP contribution in [0.3, 0.4) is 0 Å². The number of anilines is 1. The molecule has 1 spiro atoms. The summed E-state index contributed by atoms with van der Waals surface area (Å²) in [5.74, 6) is 0. The second kappa shape index (κ2) is 5.22. The highest BCUT2D eigenvalue weighted by Gasteiger charge is 2.42. The molecule has 1 aromatic carbocycles. The van der Waals surface area contributed by atoms with Crippen molar-refractivity contribution in [1.29, 1.82) is 0 Å². The minimum Gasteiger partial charge on any atom is -0.365 e. The summed E-state index contributed by atoms with van der Waals surface area (Å²) in [4.78, 5) is 12.7. The van der Waals surface area contributed by atoms with Gasteiger partial charge >= 0.3 is 5.69 Å². The van der Waals surface area contributed by atoms with Crippen LogP contribution in [0.5, 0.6) is 0 Å². The maximum Gasteiger partial charge on any atom is 0.311 e. The molecule has 7 heteroatoms. The summed E-state index contributed by atoms with van der Waals surface area (Å²) in [5.41, 5.74) is 0.436. The Kier molecular flexibility index (Phi) is 3.63. The van der Waals surface area contributed by atoms with E-state index < -0.39 is 14.8 Å². The molecule has 1 heterocycles. The largest absolute Gasteiger partial charge is 0.365 e. The second-order valence-corrected chi connectivity index (χ2v) is 8.52. The predicted octanol–water partition coefficient (Wildman–Crippen LogP) is 2.77. The Morgan fingerprint density at radius 3 is 2.50 bits per heavy atom. The minimum atomic E-state index is -3.63. The van der Waals surface area contributed by atoms with Gasteiger partial charge in [-0.3, -0.25) is 10.1 Å². The molecule has 1 aliphatic heterocycles. The monoisotopic (exact) mass is 324 g/mol. The molecule has 120 valence electrons. The number of nitro benzene ring substituents is 1. The molecule has 1 saturated heterocycles. The molecule has 6 nitrogen and oxygen atoms in total. The number of hydrogen-bond acceptors (Lipinski definition) is 5. The lowest BCUT2D eigenvalue weighted by atomic mass is 9.86. The maximum atomic E-state index is 11.9. The van der Waals surface area contributed by atoms with Crippen LogP contribution in [0.15, 0.2) is 23.1 Å². The molecule has 1 aliphatic carbocycles. The topological polar surface area (TPSA) is 80.5 Å². The number of nitro groups is 1. The third kappa shape index (κ3) is 2.58. The molecule has 0 aromatic heterocycles. The van der Waals surface area contributed by atoms with Crippen molar-refractivity contribution in [2.45, 2.75) is 37.0 Å². The molecule has 1 saturated carbocycles. The van der Waals surface area contributed by atoms with Crippen LogP contribution < -0.4 is 4.90 Å². The van der Waals surface area contributed by atoms with Crippen molar-refractivity contribution in [3.8, 4) is 0 Å². The first-order chi connectivity index (χ1) is 10.3. The average Bonchev–Trinajstić information content (AvgIpc) is 3.08. The minimum absolute atomic E-state index is 0.192. The van der Waals surface area contributed by atoms with E-state index in [1.54, 1.807) is 12.1 Å². The number of rotatable bonds is 3. The molecule has 2 fully saturated rings. The third-order valence-electron chi connectivity index (χ3n) is 5.00. The van der Waals surface area contributed by atoms with Crippen molar-refractivity contribution in [3.63, 3.8) is 0 Å². The lowest BCUT2D eigenvalue weighted by molar-refractivity contribution is -0.387. The van der Waals surface area contributed by atoms with Gasteiger partial charge in [0.25, 0.3) is 0 Å². The Labute approximate surface area is 130 Å². The Morgan fingerprint density at radius 2 is 1.91 bits per heavy atom. The maximum absolute atomic E-state index is 11.9. The number of benzene rings is 1. The van der Waals surface area contributed by atoms with Gasteiger partial charge in [-0.05, 0) is 36.8 Å². The molecular weight excluding hydrogens is 304 g/mol. The highest BCUT2D eigenvalue weighted by molar-refractivity contribution is 7.90. The smallest absolute Gasteiger partial charge is 0.311 e. The fourth-order valence-corrected chi connectivity index (χ4v) is 4.78. The number of sulfone groups is 1. The third-order valence-corrected chi connectivity index (χ3v) is 6.13. The molecule has 0 radical (unpaired) electrons. The summed E-state index contributed by atoms with van der Waals surface area (Å²) in [6.07, 6.45) is 6.83. The lowest BCUT2D eigenvalue weighted by Crippen LogP contribution is -2.25. The van der Waals surface area contributed by atoms with Crippen molar-refractivity contribution >= 4 is 21.2 Å². The zero-order valence-corrected chi connectivity index (χ0v) is 13.4. The van der Waals surface area contributed by atoms with Crippen LogP contribution in [-0.2, 0) is 9.84 Å². The Morgan fingerprint density at radius 1 is 1.23 bits per heavy atom. The molecule has 3 rings (SSSR count). The highest BCUT2D eigenvalue weighted by Crippen LogP contribution is 2.48. The summed E-state index contributed by atoms with van der Waals surface area (Å²) in [6, 6.07) is 4.58. The highest BCUT2D eigenvalue weighted by atomic mass is 32.2. The van der Waals surface area contributed by atoms with E-state index in [1.165, 1.54) is 31.7 Å². The molecule has 0 unspecified atom stereocenters. The van der Waals surface area contributed by atoms with Crippen LogP contribution in [0.25, 0.3) is 0 Å². The molecule has 0 bridgehead atoms. The Balaban J connectivity index is 2.03. The number of nitrogens with zero attached hydrogens (tertiary/aromatic N) is 2. The van der Waals surface area contributed by atoms with Crippen molar-refractivity contribution in [2.75, 3.05) is 24.2 Å². The quantitative estimate of drug-likeness (QED) is 0.631. The van der Waals surface area contributed by atoms with Crippen molar-refractivity contribution in [1.82, 2.24) is 0 Å². The van der Waals surface area contributed by atoms with E-state index in [1.807, 2.05) is 4.90 Å². The fraction of sp³-hybridized carbons (Fsp3) is 0.600. The fourth-order valence-electron chi connectivity index (χ4n) is 3.92. The average molecular weight is 324 g/mol. The van der Waals surface area contributed by atoms with Crippen LogP contribution in [0.2, 0.25) is 0 Å². The zero-order valence-electron chi connectivity index (χ0n) is 12.6. The van der Waals surface area contributed by atoms with E-state index in [0.29, 0.717) is 5.69 Å². The zero-order chi connectivity index (χ0) is 16.0. The Bertz CT molecular complexity index is 708. The van der Waals surface area contributed by atoms with Gasteiger partial charge in [0.2, 0.25) is 0 Å². The van der Waals surface area contributed by atoms with Crippen molar-refractivity contribution in [2.24, 2.45) is 5.41 Å². The van der Waals surface area contributed by atoms with E-state index in [2.05, 4.69) is 0 Å². The summed E-state index contributed by atoms with van der Waals surface area (Å²) < 4.78 is 23.7. The van der Waals surface area contributed by atoms with Crippen LogP contribution in [0.4, 0.5) is 11.4 Å². The van der Waals surface area contributed by atoms with E-state index in [9.17, 15) is 18.5 Å². The van der Waals surface area contributed by atoms with E-state index in [0.717, 1.165) is 25.8 Å². The van der Waals surface area contributed by atoms with Gasteiger partial charge in [-0.1, -0.05) is 18.9 Å². The van der Waals surface area contributed by atoms with Gasteiger partial charge < -0.3 is 4.90 Å².